The lowest BCUT2D eigenvalue weighted by atomic mass is 10.1. The fraction of sp³-hybridized carbons (Fsp3) is 0.300. The second kappa shape index (κ2) is 10.6. The number of nitrogens with one attached hydrogen (secondary N) is 1. The number of nitro benzene ring substituents is 1. The molecule has 0 spiro atoms. The van der Waals surface area contributed by atoms with Crippen LogP contribution in [0.2, 0.25) is 0 Å². The molecule has 0 bridgehead atoms. The van der Waals surface area contributed by atoms with Gasteiger partial charge in [-0.25, -0.2) is 4.39 Å². The summed E-state index contributed by atoms with van der Waals surface area (Å²) in [6, 6.07) is 11.2. The Balaban J connectivity index is 2.01. The van der Waals surface area contributed by atoms with Crippen molar-refractivity contribution in [2.45, 2.75) is 25.3 Å². The van der Waals surface area contributed by atoms with Crippen molar-refractivity contribution < 1.29 is 18.9 Å². The van der Waals surface area contributed by atoms with E-state index in [9.17, 15) is 24.1 Å². The van der Waals surface area contributed by atoms with Gasteiger partial charge in [0.25, 0.3) is 5.69 Å². The van der Waals surface area contributed by atoms with Gasteiger partial charge in [-0.15, -0.1) is 11.8 Å². The third-order valence-electron chi connectivity index (χ3n) is 4.32. The predicted molar refractivity (Wildman–Crippen MR) is 110 cm³/mol. The largest absolute Gasteiger partial charge is 0.357 e. The average molecular weight is 419 g/mol. The number of halogens is 1. The highest BCUT2D eigenvalue weighted by Gasteiger charge is 2.25. The van der Waals surface area contributed by atoms with Gasteiger partial charge in [0.2, 0.25) is 11.8 Å². The summed E-state index contributed by atoms with van der Waals surface area (Å²) in [6.45, 7) is 1.83. The monoisotopic (exact) mass is 419 g/mol. The molecule has 1 N–H and O–H groups in total. The van der Waals surface area contributed by atoms with Gasteiger partial charge >= 0.3 is 0 Å². The second-order valence-electron chi connectivity index (χ2n) is 6.35. The van der Waals surface area contributed by atoms with Crippen LogP contribution in [0.1, 0.15) is 18.1 Å². The van der Waals surface area contributed by atoms with E-state index in [2.05, 4.69) is 5.32 Å². The average Bonchev–Trinajstić information content (AvgIpc) is 2.72. The summed E-state index contributed by atoms with van der Waals surface area (Å²) < 4.78 is 13.1. The van der Waals surface area contributed by atoms with Gasteiger partial charge in [0.05, 0.1) is 10.7 Å². The van der Waals surface area contributed by atoms with E-state index in [0.29, 0.717) is 5.75 Å². The fourth-order valence-corrected chi connectivity index (χ4v) is 3.50. The summed E-state index contributed by atoms with van der Waals surface area (Å²) in [7, 11) is 1.50. The smallest absolute Gasteiger partial charge is 0.269 e. The molecule has 29 heavy (non-hydrogen) atoms. The lowest BCUT2D eigenvalue weighted by molar-refractivity contribution is -0.384. The molecule has 0 aliphatic heterocycles. The van der Waals surface area contributed by atoms with Gasteiger partial charge in [-0.1, -0.05) is 24.3 Å². The minimum atomic E-state index is -0.683. The first-order valence-electron chi connectivity index (χ1n) is 8.88. The van der Waals surface area contributed by atoms with Crippen molar-refractivity contribution in [3.63, 3.8) is 0 Å². The molecule has 0 unspecified atom stereocenters. The number of likely N-dealkylation sites (N-methyl/N-ethyl adjacent to an activating group) is 1. The molecular formula is C20H22FN3O4S. The Morgan fingerprint density at radius 2 is 1.72 bits per heavy atom. The quantitative estimate of drug-likeness (QED) is 0.498. The number of hydrogen-bond acceptors (Lipinski definition) is 5. The Kier molecular flexibility index (Phi) is 8.14. The maximum Gasteiger partial charge on any atom is 0.269 e. The van der Waals surface area contributed by atoms with Crippen LogP contribution in [0.5, 0.6) is 0 Å². The number of rotatable bonds is 9. The molecule has 1 atom stereocenters. The lowest BCUT2D eigenvalue weighted by Crippen LogP contribution is -2.47. The van der Waals surface area contributed by atoms with Crippen LogP contribution in [0.4, 0.5) is 10.1 Å². The van der Waals surface area contributed by atoms with E-state index in [1.54, 1.807) is 31.2 Å². The Morgan fingerprint density at radius 1 is 1.14 bits per heavy atom. The maximum atomic E-state index is 13.1. The molecule has 0 aromatic heterocycles. The van der Waals surface area contributed by atoms with Crippen LogP contribution in [-0.4, -0.2) is 40.5 Å². The molecule has 2 aromatic rings. The first-order valence-corrected chi connectivity index (χ1v) is 10.0. The zero-order valence-electron chi connectivity index (χ0n) is 16.1. The molecule has 0 saturated carbocycles. The van der Waals surface area contributed by atoms with Crippen LogP contribution in [-0.2, 0) is 21.9 Å². The van der Waals surface area contributed by atoms with Gasteiger partial charge in [0, 0.05) is 31.5 Å². The normalized spacial score (nSPS) is 11.6. The number of benzene rings is 2. The molecular weight excluding hydrogens is 397 g/mol. The van der Waals surface area contributed by atoms with E-state index in [1.807, 2.05) is 0 Å². The first kappa shape index (κ1) is 22.4. The Labute approximate surface area is 172 Å². The highest BCUT2D eigenvalue weighted by Crippen LogP contribution is 2.18. The van der Waals surface area contributed by atoms with E-state index in [0.717, 1.165) is 11.1 Å². The minimum absolute atomic E-state index is 0.0136. The molecule has 2 amide bonds. The van der Waals surface area contributed by atoms with Crippen molar-refractivity contribution in [1.82, 2.24) is 10.2 Å². The van der Waals surface area contributed by atoms with Gasteiger partial charge in [-0.05, 0) is 30.2 Å². The van der Waals surface area contributed by atoms with Crippen LogP contribution in [0.25, 0.3) is 0 Å². The molecule has 2 rings (SSSR count). The Morgan fingerprint density at radius 3 is 2.28 bits per heavy atom. The van der Waals surface area contributed by atoms with Crippen molar-refractivity contribution in [2.75, 3.05) is 12.8 Å². The number of carbonyl (C=O) groups is 2. The van der Waals surface area contributed by atoms with E-state index in [4.69, 9.17) is 0 Å². The molecule has 0 heterocycles. The third kappa shape index (κ3) is 6.56. The van der Waals surface area contributed by atoms with Crippen molar-refractivity contribution in [3.05, 3.63) is 75.6 Å². The summed E-state index contributed by atoms with van der Waals surface area (Å²) in [5, 5.41) is 13.2. The fourth-order valence-electron chi connectivity index (χ4n) is 2.63. The SMILES string of the molecule is CNC(=O)[C@H](C)N(Cc1ccc(F)cc1)C(=O)CSCc1ccc([N+](=O)[O-])cc1. The van der Waals surface area contributed by atoms with Crippen molar-refractivity contribution in [3.8, 4) is 0 Å². The van der Waals surface area contributed by atoms with Crippen LogP contribution in [0.15, 0.2) is 48.5 Å². The number of non-ortho nitro benzene ring substituents is 1. The topological polar surface area (TPSA) is 92.6 Å². The molecule has 9 heteroatoms. The maximum absolute atomic E-state index is 13.1. The zero-order chi connectivity index (χ0) is 21.4. The molecule has 154 valence electrons. The number of nitro groups is 1. The predicted octanol–water partition coefficient (Wildman–Crippen LogP) is 3.13. The van der Waals surface area contributed by atoms with Gasteiger partial charge in [-0.3, -0.25) is 19.7 Å². The van der Waals surface area contributed by atoms with Gasteiger partial charge in [-0.2, -0.15) is 0 Å². The Hall–Kier alpha value is -2.94. The van der Waals surface area contributed by atoms with E-state index < -0.39 is 11.0 Å². The van der Waals surface area contributed by atoms with Crippen LogP contribution < -0.4 is 5.32 Å². The van der Waals surface area contributed by atoms with Crippen LogP contribution in [0.3, 0.4) is 0 Å². The van der Waals surface area contributed by atoms with Gasteiger partial charge in [0.15, 0.2) is 0 Å². The zero-order valence-corrected chi connectivity index (χ0v) is 16.9. The second-order valence-corrected chi connectivity index (χ2v) is 7.34. The number of amides is 2. The highest BCUT2D eigenvalue weighted by molar-refractivity contribution is 7.99. The summed E-state index contributed by atoms with van der Waals surface area (Å²) in [4.78, 5) is 36.5. The molecule has 0 saturated heterocycles. The summed E-state index contributed by atoms with van der Waals surface area (Å²) in [6.07, 6.45) is 0. The van der Waals surface area contributed by atoms with E-state index in [1.165, 1.54) is 48.0 Å². The number of carbonyl (C=O) groups excluding carboxylic acids is 2. The van der Waals surface area contributed by atoms with Crippen LogP contribution >= 0.6 is 11.8 Å². The van der Waals surface area contributed by atoms with Crippen molar-refractivity contribution in [2.24, 2.45) is 0 Å². The molecule has 0 aliphatic carbocycles. The van der Waals surface area contributed by atoms with E-state index in [-0.39, 0.29) is 35.6 Å². The summed E-state index contributed by atoms with van der Waals surface area (Å²) in [5.74, 6) is -0.245. The lowest BCUT2D eigenvalue weighted by Gasteiger charge is -2.28. The minimum Gasteiger partial charge on any atom is -0.357 e. The van der Waals surface area contributed by atoms with Gasteiger partial charge < -0.3 is 10.2 Å². The van der Waals surface area contributed by atoms with Crippen molar-refractivity contribution >= 4 is 29.3 Å². The number of nitrogens with zero attached hydrogens (tertiary/aromatic N) is 2. The summed E-state index contributed by atoms with van der Waals surface area (Å²) >= 11 is 1.35. The summed E-state index contributed by atoms with van der Waals surface area (Å²) in [5.41, 5.74) is 1.59. The number of hydrogen-bond donors (Lipinski definition) is 1. The first-order chi connectivity index (χ1) is 13.8. The standard InChI is InChI=1S/C20H22FN3O4S/c1-14(20(26)22-2)23(11-15-3-7-17(21)8-4-15)19(25)13-29-12-16-5-9-18(10-6-16)24(27)28/h3-10,14H,11-13H2,1-2H3,(H,22,26)/t14-/m0/s1. The molecule has 7 nitrogen and oxygen atoms in total. The highest BCUT2D eigenvalue weighted by atomic mass is 32.2. The molecule has 2 aromatic carbocycles. The van der Waals surface area contributed by atoms with Crippen molar-refractivity contribution in [1.29, 1.82) is 0 Å². The molecule has 0 radical (unpaired) electrons. The Bertz CT molecular complexity index is 859. The number of thioether (sulfide) groups is 1. The third-order valence-corrected chi connectivity index (χ3v) is 5.31. The molecule has 0 aliphatic rings. The van der Waals surface area contributed by atoms with E-state index >= 15 is 0 Å². The van der Waals surface area contributed by atoms with Crippen LogP contribution in [0, 0.1) is 15.9 Å². The van der Waals surface area contributed by atoms with Gasteiger partial charge in [0.1, 0.15) is 11.9 Å². The molecule has 0 fully saturated rings.